The summed E-state index contributed by atoms with van der Waals surface area (Å²) in [7, 11) is 0. The molecule has 0 spiro atoms. The van der Waals surface area contributed by atoms with Crippen LogP contribution in [0.2, 0.25) is 0 Å². The van der Waals surface area contributed by atoms with E-state index in [2.05, 4.69) is 0 Å². The number of fused-ring (bicyclic) bond motifs is 1. The van der Waals surface area contributed by atoms with Gasteiger partial charge in [0.25, 0.3) is 0 Å². The zero-order chi connectivity index (χ0) is 13.3. The molecule has 0 saturated heterocycles. The van der Waals surface area contributed by atoms with Crippen LogP contribution in [-0.2, 0) is 11.3 Å². The molecule has 0 bridgehead atoms. The van der Waals surface area contributed by atoms with E-state index in [9.17, 15) is 4.79 Å². The molecule has 2 aromatic rings. The molecule has 0 saturated carbocycles. The van der Waals surface area contributed by atoms with Gasteiger partial charge < -0.3 is 14.3 Å². The lowest BCUT2D eigenvalue weighted by atomic mass is 10.1. The zero-order valence-electron chi connectivity index (χ0n) is 10.7. The van der Waals surface area contributed by atoms with Gasteiger partial charge in [0.2, 0.25) is 5.76 Å². The van der Waals surface area contributed by atoms with Crippen molar-refractivity contribution in [3.8, 4) is 0 Å². The number of carbonyl (C=O) groups is 1. The third-order valence-corrected chi connectivity index (χ3v) is 2.54. The minimum Gasteiger partial charge on any atom is -0.475 e. The van der Waals surface area contributed by atoms with Gasteiger partial charge in [-0.2, -0.15) is 0 Å². The summed E-state index contributed by atoms with van der Waals surface area (Å²) >= 11 is 0. The van der Waals surface area contributed by atoms with Crippen LogP contribution in [0.25, 0.3) is 11.0 Å². The molecule has 1 N–H and O–H groups in total. The molecule has 4 heteroatoms. The van der Waals surface area contributed by atoms with E-state index in [1.807, 2.05) is 39.0 Å². The summed E-state index contributed by atoms with van der Waals surface area (Å²) in [4.78, 5) is 11.2. The normalized spacial score (nSPS) is 11.9. The van der Waals surface area contributed by atoms with Crippen molar-refractivity contribution in [3.05, 3.63) is 35.6 Å². The standard InChI is InChI=1S/C14H16O4/c1-14(2,3)17-8-10-9-6-4-5-7-11(9)18-12(10)13(15)16/h4-7H,8H2,1-3H3,(H,15,16). The molecule has 4 nitrogen and oxygen atoms in total. The molecule has 0 amide bonds. The molecule has 2 rings (SSSR count). The van der Waals surface area contributed by atoms with Crippen LogP contribution in [0.3, 0.4) is 0 Å². The van der Waals surface area contributed by atoms with Crippen molar-refractivity contribution in [2.24, 2.45) is 0 Å². The van der Waals surface area contributed by atoms with Gasteiger partial charge in [-0.05, 0) is 26.8 Å². The molecule has 0 aliphatic carbocycles. The maximum absolute atomic E-state index is 11.2. The lowest BCUT2D eigenvalue weighted by Gasteiger charge is -2.19. The summed E-state index contributed by atoms with van der Waals surface area (Å²) in [6, 6.07) is 7.25. The second-order valence-electron chi connectivity index (χ2n) is 5.11. The first kappa shape index (κ1) is 12.6. The third-order valence-electron chi connectivity index (χ3n) is 2.54. The fourth-order valence-corrected chi connectivity index (χ4v) is 1.70. The second kappa shape index (κ2) is 4.46. The van der Waals surface area contributed by atoms with Crippen molar-refractivity contribution in [1.29, 1.82) is 0 Å². The van der Waals surface area contributed by atoms with Gasteiger partial charge in [0, 0.05) is 10.9 Å². The van der Waals surface area contributed by atoms with Crippen molar-refractivity contribution in [2.45, 2.75) is 33.0 Å². The minimum atomic E-state index is -1.07. The van der Waals surface area contributed by atoms with E-state index in [0.29, 0.717) is 11.1 Å². The van der Waals surface area contributed by atoms with Gasteiger partial charge in [-0.1, -0.05) is 18.2 Å². The quantitative estimate of drug-likeness (QED) is 0.903. The van der Waals surface area contributed by atoms with Crippen LogP contribution >= 0.6 is 0 Å². The predicted molar refractivity (Wildman–Crippen MR) is 67.7 cm³/mol. The number of hydrogen-bond acceptors (Lipinski definition) is 3. The molecule has 1 heterocycles. The van der Waals surface area contributed by atoms with Gasteiger partial charge in [-0.15, -0.1) is 0 Å². The predicted octanol–water partition coefficient (Wildman–Crippen LogP) is 3.45. The number of carboxylic acid groups (broad SMARTS) is 1. The Labute approximate surface area is 105 Å². The Bertz CT molecular complexity index is 575. The first-order valence-electron chi connectivity index (χ1n) is 5.76. The molecule has 0 fully saturated rings. The van der Waals surface area contributed by atoms with Crippen molar-refractivity contribution in [1.82, 2.24) is 0 Å². The Morgan fingerprint density at radius 1 is 1.33 bits per heavy atom. The molecular weight excluding hydrogens is 232 g/mol. The monoisotopic (exact) mass is 248 g/mol. The van der Waals surface area contributed by atoms with E-state index in [-0.39, 0.29) is 18.0 Å². The minimum absolute atomic E-state index is 0.0412. The van der Waals surface area contributed by atoms with E-state index < -0.39 is 5.97 Å². The molecular formula is C14H16O4. The summed E-state index contributed by atoms with van der Waals surface area (Å²) in [5.74, 6) is -1.11. The number of carboxylic acids is 1. The smallest absolute Gasteiger partial charge is 0.372 e. The van der Waals surface area contributed by atoms with Crippen molar-refractivity contribution in [3.63, 3.8) is 0 Å². The molecule has 1 aromatic heterocycles. The Kier molecular flexibility index (Phi) is 3.13. The van der Waals surface area contributed by atoms with Gasteiger partial charge in [0.1, 0.15) is 5.58 Å². The third kappa shape index (κ3) is 2.54. The average Bonchev–Trinajstić information content (AvgIpc) is 2.64. The molecule has 0 aliphatic heterocycles. The molecule has 0 unspecified atom stereocenters. The van der Waals surface area contributed by atoms with E-state index in [4.69, 9.17) is 14.3 Å². The van der Waals surface area contributed by atoms with E-state index >= 15 is 0 Å². The number of para-hydroxylation sites is 1. The summed E-state index contributed by atoms with van der Waals surface area (Å²) in [6.07, 6.45) is 0. The molecule has 0 radical (unpaired) electrons. The van der Waals surface area contributed by atoms with E-state index in [1.165, 1.54) is 0 Å². The van der Waals surface area contributed by atoms with Crippen LogP contribution in [0.1, 0.15) is 36.9 Å². The van der Waals surface area contributed by atoms with Gasteiger partial charge in [0.05, 0.1) is 12.2 Å². The van der Waals surface area contributed by atoms with Crippen LogP contribution in [0.5, 0.6) is 0 Å². The summed E-state index contributed by atoms with van der Waals surface area (Å²) in [5, 5.41) is 9.94. The number of ether oxygens (including phenoxy) is 1. The van der Waals surface area contributed by atoms with Crippen LogP contribution in [0, 0.1) is 0 Å². The Balaban J connectivity index is 2.45. The average molecular weight is 248 g/mol. The first-order chi connectivity index (χ1) is 8.38. The summed E-state index contributed by atoms with van der Waals surface area (Å²) in [5.41, 5.74) is 0.837. The van der Waals surface area contributed by atoms with E-state index in [0.717, 1.165) is 5.39 Å². The van der Waals surface area contributed by atoms with Gasteiger partial charge >= 0.3 is 5.97 Å². The van der Waals surface area contributed by atoms with Crippen LogP contribution in [0.15, 0.2) is 28.7 Å². The van der Waals surface area contributed by atoms with Gasteiger partial charge in [-0.25, -0.2) is 4.79 Å². The number of hydrogen-bond donors (Lipinski definition) is 1. The van der Waals surface area contributed by atoms with Crippen molar-refractivity contribution < 1.29 is 19.1 Å². The maximum atomic E-state index is 11.2. The molecule has 18 heavy (non-hydrogen) atoms. The lowest BCUT2D eigenvalue weighted by Crippen LogP contribution is -2.19. The van der Waals surface area contributed by atoms with Crippen LogP contribution in [-0.4, -0.2) is 16.7 Å². The number of aromatic carboxylic acids is 1. The van der Waals surface area contributed by atoms with Crippen LogP contribution in [0.4, 0.5) is 0 Å². The van der Waals surface area contributed by atoms with E-state index in [1.54, 1.807) is 6.07 Å². The maximum Gasteiger partial charge on any atom is 0.372 e. The van der Waals surface area contributed by atoms with Gasteiger partial charge in [0.15, 0.2) is 0 Å². The number of furan rings is 1. The second-order valence-corrected chi connectivity index (χ2v) is 5.11. The Hall–Kier alpha value is -1.81. The SMILES string of the molecule is CC(C)(C)OCc1c(C(=O)O)oc2ccccc12. The highest BCUT2D eigenvalue weighted by Gasteiger charge is 2.21. The summed E-state index contributed by atoms with van der Waals surface area (Å²) in [6.45, 7) is 6.00. The zero-order valence-corrected chi connectivity index (χ0v) is 10.7. The fourth-order valence-electron chi connectivity index (χ4n) is 1.70. The first-order valence-corrected chi connectivity index (χ1v) is 5.76. The highest BCUT2D eigenvalue weighted by molar-refractivity contribution is 5.94. The highest BCUT2D eigenvalue weighted by atomic mass is 16.5. The fraction of sp³-hybridized carbons (Fsp3) is 0.357. The molecule has 96 valence electrons. The largest absolute Gasteiger partial charge is 0.475 e. The molecule has 0 aliphatic rings. The van der Waals surface area contributed by atoms with Gasteiger partial charge in [-0.3, -0.25) is 0 Å². The number of rotatable bonds is 3. The summed E-state index contributed by atoms with van der Waals surface area (Å²) < 4.78 is 11.0. The highest BCUT2D eigenvalue weighted by Crippen LogP contribution is 2.27. The molecule has 0 atom stereocenters. The Morgan fingerprint density at radius 3 is 2.61 bits per heavy atom. The van der Waals surface area contributed by atoms with Crippen LogP contribution < -0.4 is 0 Å². The lowest BCUT2D eigenvalue weighted by molar-refractivity contribution is -0.0152. The van der Waals surface area contributed by atoms with Crippen molar-refractivity contribution >= 4 is 16.9 Å². The Morgan fingerprint density at radius 2 is 2.00 bits per heavy atom. The van der Waals surface area contributed by atoms with Crippen molar-refractivity contribution in [2.75, 3.05) is 0 Å². The topological polar surface area (TPSA) is 59.7 Å². The molecule has 1 aromatic carbocycles. The number of benzene rings is 1.